The smallest absolute Gasteiger partial charge is 0.342 e. The van der Waals surface area contributed by atoms with Crippen molar-refractivity contribution in [3.63, 3.8) is 0 Å². The highest BCUT2D eigenvalue weighted by molar-refractivity contribution is 6.06. The van der Waals surface area contributed by atoms with Crippen molar-refractivity contribution < 1.29 is 28.9 Å². The molecule has 6 nitrogen and oxygen atoms in total. The summed E-state index contributed by atoms with van der Waals surface area (Å²) in [7, 11) is 3.87. The van der Waals surface area contributed by atoms with Crippen LogP contribution >= 0.6 is 0 Å². The zero-order valence-electron chi connectivity index (χ0n) is 13.7. The molecule has 0 bridgehead atoms. The molecule has 126 valence electrons. The van der Waals surface area contributed by atoms with Gasteiger partial charge in [0.1, 0.15) is 16.9 Å². The Morgan fingerprint density at radius 2 is 1.54 bits per heavy atom. The fourth-order valence-corrected chi connectivity index (χ4v) is 2.48. The van der Waals surface area contributed by atoms with Crippen molar-refractivity contribution in [2.45, 2.75) is 6.61 Å². The Bertz CT molecular complexity index is 752. The fourth-order valence-electron chi connectivity index (χ4n) is 2.48. The minimum atomic E-state index is -0.760. The highest BCUT2D eigenvalue weighted by atomic mass is 16.5. The molecule has 0 radical (unpaired) electrons. The van der Waals surface area contributed by atoms with Crippen LogP contribution in [0.3, 0.4) is 0 Å². The minimum absolute atomic E-state index is 0.0687. The normalized spacial score (nSPS) is 10.3. The molecule has 2 rings (SSSR count). The number of carbonyl (C=O) groups is 2. The molecule has 0 aliphatic carbocycles. The Labute approximate surface area is 139 Å². The third kappa shape index (κ3) is 3.23. The molecule has 6 heteroatoms. The summed E-state index contributed by atoms with van der Waals surface area (Å²) in [6.45, 7) is 0.0687. The molecule has 0 amide bonds. The number of hydrogen-bond donors (Lipinski definition) is 1. The van der Waals surface area contributed by atoms with Gasteiger partial charge in [0.2, 0.25) is 0 Å². The van der Waals surface area contributed by atoms with Crippen LogP contribution in [0.2, 0.25) is 0 Å². The van der Waals surface area contributed by atoms with E-state index in [4.69, 9.17) is 14.2 Å². The number of phenols is 1. The first-order valence-electron chi connectivity index (χ1n) is 7.15. The first-order chi connectivity index (χ1) is 11.5. The molecule has 0 heterocycles. The Hall–Kier alpha value is -2.86. The van der Waals surface area contributed by atoms with E-state index >= 15 is 0 Å². The van der Waals surface area contributed by atoms with Crippen LogP contribution in [-0.4, -0.2) is 38.4 Å². The van der Waals surface area contributed by atoms with E-state index in [0.717, 1.165) is 0 Å². The number of benzene rings is 2. The Morgan fingerprint density at radius 1 is 0.958 bits per heavy atom. The van der Waals surface area contributed by atoms with Gasteiger partial charge in [0.25, 0.3) is 0 Å². The molecular weight excluding hydrogens is 312 g/mol. The van der Waals surface area contributed by atoms with Crippen molar-refractivity contribution in [1.82, 2.24) is 0 Å². The molecule has 0 aliphatic rings. The van der Waals surface area contributed by atoms with Gasteiger partial charge in [-0.15, -0.1) is 0 Å². The van der Waals surface area contributed by atoms with Gasteiger partial charge in [-0.05, 0) is 17.2 Å². The maximum absolute atomic E-state index is 12.2. The Morgan fingerprint density at radius 3 is 2.08 bits per heavy atom. The van der Waals surface area contributed by atoms with Crippen LogP contribution in [0.25, 0.3) is 11.1 Å². The molecule has 24 heavy (non-hydrogen) atoms. The van der Waals surface area contributed by atoms with Crippen LogP contribution in [0.4, 0.5) is 0 Å². The summed E-state index contributed by atoms with van der Waals surface area (Å²) in [6, 6.07) is 10.6. The van der Waals surface area contributed by atoms with Crippen molar-refractivity contribution in [1.29, 1.82) is 0 Å². The highest BCUT2D eigenvalue weighted by Crippen LogP contribution is 2.36. The maximum atomic E-state index is 12.2. The van der Waals surface area contributed by atoms with Gasteiger partial charge in [-0.1, -0.05) is 30.3 Å². The number of rotatable bonds is 5. The van der Waals surface area contributed by atoms with E-state index in [1.165, 1.54) is 21.3 Å². The molecule has 0 saturated carbocycles. The van der Waals surface area contributed by atoms with E-state index in [9.17, 15) is 14.7 Å². The van der Waals surface area contributed by atoms with Crippen LogP contribution in [0, 0.1) is 0 Å². The number of carbonyl (C=O) groups excluding carboxylic acids is 2. The molecule has 0 saturated heterocycles. The van der Waals surface area contributed by atoms with E-state index in [-0.39, 0.29) is 17.7 Å². The average molecular weight is 330 g/mol. The van der Waals surface area contributed by atoms with Crippen LogP contribution in [0.15, 0.2) is 36.4 Å². The van der Waals surface area contributed by atoms with E-state index < -0.39 is 17.7 Å². The zero-order chi connectivity index (χ0) is 17.7. The van der Waals surface area contributed by atoms with Crippen molar-refractivity contribution in [2.75, 3.05) is 21.3 Å². The van der Waals surface area contributed by atoms with Gasteiger partial charge < -0.3 is 19.3 Å². The van der Waals surface area contributed by atoms with E-state index in [1.807, 2.05) is 6.07 Å². The second-order valence-electron chi connectivity index (χ2n) is 4.96. The van der Waals surface area contributed by atoms with Crippen LogP contribution in [0.1, 0.15) is 26.3 Å². The van der Waals surface area contributed by atoms with Crippen molar-refractivity contribution >= 4 is 11.9 Å². The number of esters is 2. The summed E-state index contributed by atoms with van der Waals surface area (Å²) in [5.74, 6) is -1.99. The average Bonchev–Trinajstić information content (AvgIpc) is 2.61. The number of ether oxygens (including phenoxy) is 3. The lowest BCUT2D eigenvalue weighted by Crippen LogP contribution is -2.13. The quantitative estimate of drug-likeness (QED) is 0.849. The summed E-state index contributed by atoms with van der Waals surface area (Å²) < 4.78 is 14.6. The van der Waals surface area contributed by atoms with Gasteiger partial charge in [0.15, 0.2) is 0 Å². The Balaban J connectivity index is 2.83. The minimum Gasteiger partial charge on any atom is -0.506 e. The monoisotopic (exact) mass is 330 g/mol. The van der Waals surface area contributed by atoms with Crippen molar-refractivity contribution in [3.05, 3.63) is 53.1 Å². The predicted octanol–water partition coefficient (Wildman–Crippen LogP) is 2.78. The van der Waals surface area contributed by atoms with Crippen LogP contribution < -0.4 is 0 Å². The molecule has 1 N–H and O–H groups in total. The summed E-state index contributed by atoms with van der Waals surface area (Å²) in [4.78, 5) is 24.2. The number of aromatic hydroxyl groups is 1. The zero-order valence-corrected chi connectivity index (χ0v) is 13.7. The van der Waals surface area contributed by atoms with Gasteiger partial charge in [-0.25, -0.2) is 9.59 Å². The number of methoxy groups -OCH3 is 3. The van der Waals surface area contributed by atoms with Gasteiger partial charge in [0, 0.05) is 12.7 Å². The molecule has 0 fully saturated rings. The fraction of sp³-hybridized carbons (Fsp3) is 0.222. The van der Waals surface area contributed by atoms with Crippen molar-refractivity contribution in [2.24, 2.45) is 0 Å². The summed E-state index contributed by atoms with van der Waals surface area (Å²) in [5, 5.41) is 10.6. The van der Waals surface area contributed by atoms with Gasteiger partial charge in [-0.2, -0.15) is 0 Å². The van der Waals surface area contributed by atoms with Crippen molar-refractivity contribution in [3.8, 4) is 16.9 Å². The van der Waals surface area contributed by atoms with E-state index in [0.29, 0.717) is 16.7 Å². The molecule has 0 atom stereocenters. The topological polar surface area (TPSA) is 82.1 Å². The lowest BCUT2D eigenvalue weighted by Gasteiger charge is -2.16. The molecule has 0 aliphatic heterocycles. The molecule has 0 spiro atoms. The lowest BCUT2D eigenvalue weighted by atomic mass is 9.92. The highest BCUT2D eigenvalue weighted by Gasteiger charge is 2.28. The van der Waals surface area contributed by atoms with Gasteiger partial charge in [0.05, 0.1) is 20.8 Å². The SMILES string of the molecule is COCc1cc(-c2ccccc2)c(C(=O)OC)c(O)c1C(=O)OC. The maximum Gasteiger partial charge on any atom is 0.342 e. The molecule has 2 aromatic carbocycles. The standard InChI is InChI=1S/C18H18O6/c1-22-10-12-9-13(11-7-5-4-6-8-11)15(18(21)24-3)16(19)14(12)17(20)23-2/h4-9,19H,10H2,1-3H3. The van der Waals surface area contributed by atoms with E-state index in [1.54, 1.807) is 30.3 Å². The first-order valence-corrected chi connectivity index (χ1v) is 7.15. The second kappa shape index (κ2) is 7.61. The predicted molar refractivity (Wildman–Crippen MR) is 86.9 cm³/mol. The molecule has 2 aromatic rings. The third-order valence-electron chi connectivity index (χ3n) is 3.55. The number of phenolic OH excluding ortho intramolecular Hbond substituents is 1. The summed E-state index contributed by atoms with van der Waals surface area (Å²) in [5.41, 5.74) is 1.35. The lowest BCUT2D eigenvalue weighted by molar-refractivity contribution is 0.0589. The Kier molecular flexibility index (Phi) is 5.55. The van der Waals surface area contributed by atoms with Crippen LogP contribution in [-0.2, 0) is 20.8 Å². The molecular formula is C18H18O6. The summed E-state index contributed by atoms with van der Waals surface area (Å²) >= 11 is 0. The molecule has 0 unspecified atom stereocenters. The third-order valence-corrected chi connectivity index (χ3v) is 3.55. The van der Waals surface area contributed by atoms with Gasteiger partial charge >= 0.3 is 11.9 Å². The molecule has 0 aromatic heterocycles. The van der Waals surface area contributed by atoms with Gasteiger partial charge in [-0.3, -0.25) is 0 Å². The largest absolute Gasteiger partial charge is 0.506 e. The van der Waals surface area contributed by atoms with E-state index in [2.05, 4.69) is 0 Å². The first kappa shape index (κ1) is 17.5. The second-order valence-corrected chi connectivity index (χ2v) is 4.96. The number of hydrogen-bond acceptors (Lipinski definition) is 6. The van der Waals surface area contributed by atoms with Crippen LogP contribution in [0.5, 0.6) is 5.75 Å². The summed E-state index contributed by atoms with van der Waals surface area (Å²) in [6.07, 6.45) is 0.